The van der Waals surface area contributed by atoms with Gasteiger partial charge in [-0.3, -0.25) is 0 Å². The molecular formula is C14H20N2O. The van der Waals surface area contributed by atoms with Crippen LogP contribution in [0.2, 0.25) is 0 Å². The van der Waals surface area contributed by atoms with E-state index in [1.54, 1.807) is 0 Å². The summed E-state index contributed by atoms with van der Waals surface area (Å²) in [6.45, 7) is 6.22. The molecule has 1 aromatic heterocycles. The summed E-state index contributed by atoms with van der Waals surface area (Å²) in [5.41, 5.74) is 8.76. The third-order valence-electron chi connectivity index (χ3n) is 3.12. The Morgan fingerprint density at radius 2 is 2.12 bits per heavy atom. The summed E-state index contributed by atoms with van der Waals surface area (Å²) in [6.07, 6.45) is 2.90. The normalized spacial score (nSPS) is 15.1. The van der Waals surface area contributed by atoms with Crippen LogP contribution in [0.3, 0.4) is 0 Å². The Hall–Kier alpha value is -1.35. The van der Waals surface area contributed by atoms with Crippen molar-refractivity contribution in [3.8, 4) is 0 Å². The zero-order valence-electron chi connectivity index (χ0n) is 10.8. The molecule has 0 fully saturated rings. The fourth-order valence-electron chi connectivity index (χ4n) is 2.06. The number of nitrogens with two attached hydrogens (primary N) is 1. The molecule has 0 aliphatic carbocycles. The third kappa shape index (κ3) is 2.34. The van der Waals surface area contributed by atoms with Crippen molar-refractivity contribution < 1.29 is 4.42 Å². The Balaban J connectivity index is 2.44. The lowest BCUT2D eigenvalue weighted by Crippen LogP contribution is -2.33. The molecule has 1 atom stereocenters. The van der Waals surface area contributed by atoms with Crippen molar-refractivity contribution in [3.05, 3.63) is 29.7 Å². The average Bonchev–Trinajstić information content (AvgIpc) is 2.72. The van der Waals surface area contributed by atoms with Gasteiger partial charge < -0.3 is 10.2 Å². The van der Waals surface area contributed by atoms with Gasteiger partial charge in [0.2, 0.25) is 5.89 Å². The van der Waals surface area contributed by atoms with Gasteiger partial charge in [-0.2, -0.15) is 0 Å². The molecule has 17 heavy (non-hydrogen) atoms. The SMILES string of the molecule is CCCC(C)(N)c1nc2cc(CC)ccc2o1. The number of aryl methyl sites for hydroxylation is 1. The van der Waals surface area contributed by atoms with Gasteiger partial charge in [0.1, 0.15) is 5.52 Å². The molecular weight excluding hydrogens is 212 g/mol. The standard InChI is InChI=1S/C14H20N2O/c1-4-8-14(3,15)13-16-11-9-10(5-2)6-7-12(11)17-13/h6-7,9H,4-5,8,15H2,1-3H3. The van der Waals surface area contributed by atoms with Gasteiger partial charge in [0.05, 0.1) is 5.54 Å². The lowest BCUT2D eigenvalue weighted by atomic mass is 9.98. The van der Waals surface area contributed by atoms with Gasteiger partial charge >= 0.3 is 0 Å². The summed E-state index contributed by atoms with van der Waals surface area (Å²) < 4.78 is 5.75. The number of rotatable bonds is 4. The maximum atomic E-state index is 6.23. The van der Waals surface area contributed by atoms with Crippen LogP contribution in [0.4, 0.5) is 0 Å². The number of hydrogen-bond donors (Lipinski definition) is 1. The van der Waals surface area contributed by atoms with E-state index >= 15 is 0 Å². The van der Waals surface area contributed by atoms with Gasteiger partial charge in [-0.25, -0.2) is 4.98 Å². The van der Waals surface area contributed by atoms with Crippen molar-refractivity contribution in [1.82, 2.24) is 4.98 Å². The van der Waals surface area contributed by atoms with Crippen LogP contribution in [-0.4, -0.2) is 4.98 Å². The fraction of sp³-hybridized carbons (Fsp3) is 0.500. The lowest BCUT2D eigenvalue weighted by molar-refractivity contribution is 0.342. The first-order valence-corrected chi connectivity index (χ1v) is 6.25. The van der Waals surface area contributed by atoms with Crippen LogP contribution >= 0.6 is 0 Å². The molecule has 0 aliphatic rings. The number of aromatic nitrogens is 1. The van der Waals surface area contributed by atoms with Crippen molar-refractivity contribution in [2.75, 3.05) is 0 Å². The molecule has 2 rings (SSSR count). The summed E-state index contributed by atoms with van der Waals surface area (Å²) in [4.78, 5) is 4.52. The number of fused-ring (bicyclic) bond motifs is 1. The van der Waals surface area contributed by atoms with Crippen molar-refractivity contribution in [3.63, 3.8) is 0 Å². The summed E-state index contributed by atoms with van der Waals surface area (Å²) in [5.74, 6) is 0.641. The zero-order valence-corrected chi connectivity index (χ0v) is 10.8. The van der Waals surface area contributed by atoms with Gasteiger partial charge in [0, 0.05) is 0 Å². The fourth-order valence-corrected chi connectivity index (χ4v) is 2.06. The van der Waals surface area contributed by atoms with Crippen molar-refractivity contribution in [2.24, 2.45) is 5.73 Å². The lowest BCUT2D eigenvalue weighted by Gasteiger charge is -2.19. The monoisotopic (exact) mass is 232 g/mol. The molecule has 0 bridgehead atoms. The number of nitrogens with zero attached hydrogens (tertiary/aromatic N) is 1. The molecule has 1 aromatic carbocycles. The van der Waals surface area contributed by atoms with E-state index in [-0.39, 0.29) is 0 Å². The molecule has 3 nitrogen and oxygen atoms in total. The summed E-state index contributed by atoms with van der Waals surface area (Å²) in [5, 5.41) is 0. The first kappa shape index (κ1) is 12.1. The van der Waals surface area contributed by atoms with E-state index in [2.05, 4.69) is 31.0 Å². The molecule has 0 saturated carbocycles. The molecule has 0 saturated heterocycles. The quantitative estimate of drug-likeness (QED) is 0.879. The van der Waals surface area contributed by atoms with Crippen LogP contribution < -0.4 is 5.73 Å². The van der Waals surface area contributed by atoms with Crippen molar-refractivity contribution in [2.45, 2.75) is 45.6 Å². The molecule has 3 heteroatoms. The second-order valence-corrected chi connectivity index (χ2v) is 4.84. The van der Waals surface area contributed by atoms with E-state index < -0.39 is 5.54 Å². The van der Waals surface area contributed by atoms with Gasteiger partial charge in [0.25, 0.3) is 0 Å². The molecule has 0 spiro atoms. The Bertz CT molecular complexity index is 514. The van der Waals surface area contributed by atoms with E-state index in [0.717, 1.165) is 30.4 Å². The predicted octanol–water partition coefficient (Wildman–Crippen LogP) is 3.36. The molecule has 2 N–H and O–H groups in total. The Morgan fingerprint density at radius 3 is 2.76 bits per heavy atom. The third-order valence-corrected chi connectivity index (χ3v) is 3.12. The predicted molar refractivity (Wildman–Crippen MR) is 69.8 cm³/mol. The second-order valence-electron chi connectivity index (χ2n) is 4.84. The smallest absolute Gasteiger partial charge is 0.215 e. The minimum absolute atomic E-state index is 0.472. The highest BCUT2D eigenvalue weighted by Crippen LogP contribution is 2.26. The van der Waals surface area contributed by atoms with E-state index in [1.807, 2.05) is 13.0 Å². The van der Waals surface area contributed by atoms with Crippen molar-refractivity contribution in [1.29, 1.82) is 0 Å². The Morgan fingerprint density at radius 1 is 1.35 bits per heavy atom. The number of benzene rings is 1. The van der Waals surface area contributed by atoms with E-state index in [9.17, 15) is 0 Å². The largest absolute Gasteiger partial charge is 0.439 e. The average molecular weight is 232 g/mol. The molecule has 92 valence electrons. The molecule has 0 radical (unpaired) electrons. The van der Waals surface area contributed by atoms with Crippen LogP contribution in [0.1, 0.15) is 45.1 Å². The second kappa shape index (κ2) is 4.49. The van der Waals surface area contributed by atoms with Crippen LogP contribution in [0.5, 0.6) is 0 Å². The summed E-state index contributed by atoms with van der Waals surface area (Å²) in [6, 6.07) is 6.13. The maximum absolute atomic E-state index is 6.23. The number of oxazole rings is 1. The van der Waals surface area contributed by atoms with Crippen LogP contribution in [0.25, 0.3) is 11.1 Å². The van der Waals surface area contributed by atoms with Gasteiger partial charge in [-0.15, -0.1) is 0 Å². The highest BCUT2D eigenvalue weighted by Gasteiger charge is 2.26. The van der Waals surface area contributed by atoms with Gasteiger partial charge in [0.15, 0.2) is 5.58 Å². The Kier molecular flexibility index (Phi) is 3.20. The van der Waals surface area contributed by atoms with E-state index in [1.165, 1.54) is 5.56 Å². The Labute approximate surface area is 102 Å². The molecule has 0 aliphatic heterocycles. The molecule has 2 aromatic rings. The van der Waals surface area contributed by atoms with Crippen LogP contribution in [0, 0.1) is 0 Å². The molecule has 1 unspecified atom stereocenters. The minimum Gasteiger partial charge on any atom is -0.439 e. The summed E-state index contributed by atoms with van der Waals surface area (Å²) in [7, 11) is 0. The van der Waals surface area contributed by atoms with E-state index in [0.29, 0.717) is 5.89 Å². The highest BCUT2D eigenvalue weighted by atomic mass is 16.3. The van der Waals surface area contributed by atoms with Crippen molar-refractivity contribution >= 4 is 11.1 Å². The van der Waals surface area contributed by atoms with Crippen LogP contribution in [0.15, 0.2) is 22.6 Å². The topological polar surface area (TPSA) is 52.0 Å². The first-order valence-electron chi connectivity index (χ1n) is 6.25. The first-order chi connectivity index (χ1) is 8.06. The molecule has 1 heterocycles. The maximum Gasteiger partial charge on any atom is 0.215 e. The van der Waals surface area contributed by atoms with Gasteiger partial charge in [-0.05, 0) is 37.5 Å². The van der Waals surface area contributed by atoms with Gasteiger partial charge in [-0.1, -0.05) is 26.3 Å². The minimum atomic E-state index is -0.472. The highest BCUT2D eigenvalue weighted by molar-refractivity contribution is 5.73. The number of hydrogen-bond acceptors (Lipinski definition) is 3. The summed E-state index contributed by atoms with van der Waals surface area (Å²) >= 11 is 0. The zero-order chi connectivity index (χ0) is 12.5. The van der Waals surface area contributed by atoms with E-state index in [4.69, 9.17) is 10.2 Å². The molecule has 0 amide bonds. The van der Waals surface area contributed by atoms with Crippen LogP contribution in [-0.2, 0) is 12.0 Å².